The molecule has 2 aliphatic heterocycles. The maximum Gasteiger partial charge on any atom is 0.410 e. The van der Waals surface area contributed by atoms with Crippen molar-refractivity contribution in [3.8, 4) is 0 Å². The number of piperidine rings is 1. The molecule has 0 aromatic heterocycles. The molecule has 2 bridgehead atoms. The van der Waals surface area contributed by atoms with Gasteiger partial charge < -0.3 is 24.8 Å². The number of nitrogens with one attached hydrogen (secondary N) is 1. The number of hydrogen-bond acceptors (Lipinski definition) is 5. The molecule has 1 amide bonds. The molecule has 2 heterocycles. The zero-order valence-corrected chi connectivity index (χ0v) is 14.9. The van der Waals surface area contributed by atoms with Crippen LogP contribution in [0.3, 0.4) is 0 Å². The molecule has 0 aromatic carbocycles. The molecule has 6 nitrogen and oxygen atoms in total. The summed E-state index contributed by atoms with van der Waals surface area (Å²) in [5, 5.41) is 13.2. The van der Waals surface area contributed by atoms with Gasteiger partial charge in [-0.05, 0) is 59.4 Å². The van der Waals surface area contributed by atoms with Crippen LogP contribution in [0.2, 0.25) is 0 Å². The van der Waals surface area contributed by atoms with E-state index in [-0.39, 0.29) is 18.2 Å². The maximum absolute atomic E-state index is 12.4. The lowest BCUT2D eigenvalue weighted by atomic mass is 9.97. The number of aliphatic hydroxyl groups is 1. The van der Waals surface area contributed by atoms with E-state index in [1.165, 1.54) is 0 Å². The van der Waals surface area contributed by atoms with Gasteiger partial charge in [-0.15, -0.1) is 0 Å². The number of methoxy groups -OCH3 is 1. The molecule has 23 heavy (non-hydrogen) atoms. The van der Waals surface area contributed by atoms with E-state index in [0.717, 1.165) is 32.2 Å². The smallest absolute Gasteiger partial charge is 0.410 e. The molecular formula is C17H32N2O4. The van der Waals surface area contributed by atoms with Gasteiger partial charge in [0.2, 0.25) is 0 Å². The number of carbonyl (C=O) groups is 1. The van der Waals surface area contributed by atoms with Crippen LogP contribution >= 0.6 is 0 Å². The minimum absolute atomic E-state index is 0.168. The second kappa shape index (κ2) is 7.81. The van der Waals surface area contributed by atoms with E-state index in [9.17, 15) is 9.90 Å². The van der Waals surface area contributed by atoms with E-state index in [1.54, 1.807) is 7.11 Å². The first kappa shape index (κ1) is 18.5. The lowest BCUT2D eigenvalue weighted by Crippen LogP contribution is -2.52. The van der Waals surface area contributed by atoms with Crippen molar-refractivity contribution in [2.45, 2.75) is 82.7 Å². The number of carbonyl (C=O) groups excluding carboxylic acids is 1. The Morgan fingerprint density at radius 2 is 1.91 bits per heavy atom. The molecule has 3 atom stereocenters. The summed E-state index contributed by atoms with van der Waals surface area (Å²) in [4.78, 5) is 14.4. The van der Waals surface area contributed by atoms with Crippen molar-refractivity contribution in [2.75, 3.05) is 20.3 Å². The number of hydrogen-bond donors (Lipinski definition) is 2. The van der Waals surface area contributed by atoms with Crippen LogP contribution in [0.15, 0.2) is 0 Å². The Bertz CT molecular complexity index is 383. The molecule has 0 saturated carbocycles. The van der Waals surface area contributed by atoms with Gasteiger partial charge >= 0.3 is 6.09 Å². The van der Waals surface area contributed by atoms with Gasteiger partial charge in [-0.25, -0.2) is 4.79 Å². The van der Waals surface area contributed by atoms with Crippen LogP contribution < -0.4 is 5.32 Å². The van der Waals surface area contributed by atoms with Gasteiger partial charge in [0.25, 0.3) is 0 Å². The molecule has 0 aromatic rings. The van der Waals surface area contributed by atoms with Crippen LogP contribution in [0.4, 0.5) is 4.79 Å². The Hall–Kier alpha value is -0.850. The van der Waals surface area contributed by atoms with Crippen LogP contribution in [-0.2, 0) is 9.47 Å². The van der Waals surface area contributed by atoms with Crippen molar-refractivity contribution in [1.29, 1.82) is 0 Å². The van der Waals surface area contributed by atoms with Crippen molar-refractivity contribution < 1.29 is 19.4 Å². The second-order valence-electron chi connectivity index (χ2n) is 7.79. The molecule has 3 unspecified atom stereocenters. The number of nitrogens with zero attached hydrogens (tertiary/aromatic N) is 1. The fourth-order valence-electron chi connectivity index (χ4n) is 3.69. The Labute approximate surface area is 139 Å². The van der Waals surface area contributed by atoms with Crippen LogP contribution in [-0.4, -0.2) is 66.2 Å². The number of aliphatic hydroxyl groups excluding tert-OH is 1. The summed E-state index contributed by atoms with van der Waals surface area (Å²) in [5.74, 6) is 0. The highest BCUT2D eigenvalue weighted by Crippen LogP contribution is 2.36. The third kappa shape index (κ3) is 5.33. The molecular weight excluding hydrogens is 296 g/mol. The molecule has 0 aliphatic carbocycles. The quantitative estimate of drug-likeness (QED) is 0.779. The monoisotopic (exact) mass is 328 g/mol. The molecule has 2 saturated heterocycles. The standard InChI is InChI=1S/C17H32N2O4/c1-17(2,3)23-16(21)19-13-5-6-14(19)10-12(9-13)18-8-7-15(20)11-22-4/h12-15,18,20H,5-11H2,1-4H3. The Kier molecular flexibility index (Phi) is 6.28. The normalized spacial score (nSPS) is 28.7. The third-order valence-electron chi connectivity index (χ3n) is 4.61. The molecule has 2 rings (SSSR count). The van der Waals surface area contributed by atoms with Crippen LogP contribution in [0.5, 0.6) is 0 Å². The van der Waals surface area contributed by atoms with Gasteiger partial charge in [0.05, 0.1) is 12.7 Å². The van der Waals surface area contributed by atoms with Gasteiger partial charge in [0.15, 0.2) is 0 Å². The molecule has 0 spiro atoms. The molecule has 2 N–H and O–H groups in total. The SMILES string of the molecule is COCC(O)CCNC1CC2CCC(C1)N2C(=O)OC(C)(C)C. The highest BCUT2D eigenvalue weighted by Gasteiger charge is 2.44. The van der Waals surface area contributed by atoms with Crippen LogP contribution in [0.25, 0.3) is 0 Å². The van der Waals surface area contributed by atoms with Crippen molar-refractivity contribution in [3.05, 3.63) is 0 Å². The summed E-state index contributed by atoms with van der Waals surface area (Å²) in [5.41, 5.74) is -0.441. The summed E-state index contributed by atoms with van der Waals surface area (Å²) in [7, 11) is 1.60. The number of fused-ring (bicyclic) bond motifs is 2. The zero-order valence-electron chi connectivity index (χ0n) is 14.9. The molecule has 2 aliphatic rings. The predicted octanol–water partition coefficient (Wildman–Crippen LogP) is 1.90. The van der Waals surface area contributed by atoms with Gasteiger partial charge in [-0.1, -0.05) is 0 Å². The fourth-order valence-corrected chi connectivity index (χ4v) is 3.69. The summed E-state index contributed by atoms with van der Waals surface area (Å²) >= 11 is 0. The third-order valence-corrected chi connectivity index (χ3v) is 4.61. The minimum Gasteiger partial charge on any atom is -0.444 e. The summed E-state index contributed by atoms with van der Waals surface area (Å²) in [6, 6.07) is 0.982. The van der Waals surface area contributed by atoms with E-state index in [4.69, 9.17) is 9.47 Å². The van der Waals surface area contributed by atoms with Gasteiger partial charge in [-0.3, -0.25) is 0 Å². The number of rotatable bonds is 6. The Balaban J connectivity index is 1.79. The molecule has 0 radical (unpaired) electrons. The zero-order chi connectivity index (χ0) is 17.0. The number of ether oxygens (including phenoxy) is 2. The lowest BCUT2D eigenvalue weighted by Gasteiger charge is -2.39. The largest absolute Gasteiger partial charge is 0.444 e. The van der Waals surface area contributed by atoms with Crippen molar-refractivity contribution >= 4 is 6.09 Å². The maximum atomic E-state index is 12.4. The average Bonchev–Trinajstić information content (AvgIpc) is 2.69. The highest BCUT2D eigenvalue weighted by molar-refractivity contribution is 5.69. The minimum atomic E-state index is -0.441. The number of amides is 1. The Morgan fingerprint density at radius 1 is 1.30 bits per heavy atom. The van der Waals surface area contributed by atoms with E-state index >= 15 is 0 Å². The fraction of sp³-hybridized carbons (Fsp3) is 0.941. The first-order valence-corrected chi connectivity index (χ1v) is 8.72. The summed E-state index contributed by atoms with van der Waals surface area (Å²) in [6.07, 6.45) is 4.18. The lowest BCUT2D eigenvalue weighted by molar-refractivity contribution is 0.00447. The van der Waals surface area contributed by atoms with E-state index in [2.05, 4.69) is 5.32 Å². The van der Waals surface area contributed by atoms with Crippen molar-refractivity contribution in [3.63, 3.8) is 0 Å². The van der Waals surface area contributed by atoms with Gasteiger partial charge in [-0.2, -0.15) is 0 Å². The highest BCUT2D eigenvalue weighted by atomic mass is 16.6. The van der Waals surface area contributed by atoms with E-state index in [0.29, 0.717) is 19.1 Å². The Morgan fingerprint density at radius 3 is 2.43 bits per heavy atom. The summed E-state index contributed by atoms with van der Waals surface area (Å²) < 4.78 is 10.5. The van der Waals surface area contributed by atoms with Crippen molar-refractivity contribution in [1.82, 2.24) is 10.2 Å². The van der Waals surface area contributed by atoms with Crippen LogP contribution in [0.1, 0.15) is 52.9 Å². The van der Waals surface area contributed by atoms with Crippen molar-refractivity contribution in [2.24, 2.45) is 0 Å². The first-order chi connectivity index (χ1) is 10.8. The summed E-state index contributed by atoms with van der Waals surface area (Å²) in [6.45, 7) is 6.89. The van der Waals surface area contributed by atoms with E-state index < -0.39 is 11.7 Å². The van der Waals surface area contributed by atoms with Gasteiger partial charge in [0.1, 0.15) is 5.60 Å². The topological polar surface area (TPSA) is 71.0 Å². The average molecular weight is 328 g/mol. The second-order valence-corrected chi connectivity index (χ2v) is 7.79. The molecule has 6 heteroatoms. The predicted molar refractivity (Wildman–Crippen MR) is 88.4 cm³/mol. The van der Waals surface area contributed by atoms with E-state index in [1.807, 2.05) is 25.7 Å². The van der Waals surface area contributed by atoms with Gasteiger partial charge in [0, 0.05) is 25.2 Å². The van der Waals surface area contributed by atoms with Crippen LogP contribution in [0, 0.1) is 0 Å². The molecule has 2 fully saturated rings. The molecule has 134 valence electrons. The first-order valence-electron chi connectivity index (χ1n) is 8.72.